The van der Waals surface area contributed by atoms with Gasteiger partial charge in [-0.15, -0.1) is 0 Å². The van der Waals surface area contributed by atoms with Gasteiger partial charge in [0.15, 0.2) is 0 Å². The van der Waals surface area contributed by atoms with Gasteiger partial charge in [-0.1, -0.05) is 13.0 Å². The molecule has 0 aliphatic rings. The molecule has 0 bridgehead atoms. The van der Waals surface area contributed by atoms with E-state index in [1.165, 1.54) is 15.7 Å². The molecule has 0 unspecified atom stereocenters. The van der Waals surface area contributed by atoms with Gasteiger partial charge in [-0.2, -0.15) is 0 Å². The lowest BCUT2D eigenvalue weighted by Crippen LogP contribution is -2.32. The third kappa shape index (κ3) is 5.51. The molecular weight excluding hydrogens is 302 g/mol. The highest BCUT2D eigenvalue weighted by Crippen LogP contribution is 2.27. The molecule has 0 radical (unpaired) electrons. The first kappa shape index (κ1) is 16.5. The second-order valence-electron chi connectivity index (χ2n) is 5.11. The Labute approximate surface area is 126 Å². The lowest BCUT2D eigenvalue weighted by atomic mass is 10.2. The van der Waals surface area contributed by atoms with Crippen LogP contribution in [0, 0.1) is 0 Å². The summed E-state index contributed by atoms with van der Waals surface area (Å²) in [7, 11) is 6.21. The first-order chi connectivity index (χ1) is 9.08. The second-order valence-corrected chi connectivity index (χ2v) is 5.96. The summed E-state index contributed by atoms with van der Waals surface area (Å²) in [5.41, 5.74) is 2.60. The van der Waals surface area contributed by atoms with Crippen molar-refractivity contribution in [3.8, 4) is 0 Å². The molecule has 0 aliphatic carbocycles. The number of rotatable bonds is 8. The quantitative estimate of drug-likeness (QED) is 0.792. The molecular formula is C15H26BrN3. The largest absolute Gasteiger partial charge is 0.369 e. The van der Waals surface area contributed by atoms with Gasteiger partial charge in [-0.05, 0) is 61.2 Å². The molecule has 0 fully saturated rings. The number of halogens is 1. The maximum Gasteiger partial charge on any atom is 0.0511 e. The molecule has 0 saturated carbocycles. The molecule has 0 aromatic heterocycles. The Balaban J connectivity index is 2.82. The highest BCUT2D eigenvalue weighted by molar-refractivity contribution is 9.10. The van der Waals surface area contributed by atoms with Crippen molar-refractivity contribution in [3.63, 3.8) is 0 Å². The Kier molecular flexibility index (Phi) is 7.42. The number of nitrogens with zero attached hydrogens (tertiary/aromatic N) is 2. The average molecular weight is 328 g/mol. The molecule has 1 aromatic carbocycles. The van der Waals surface area contributed by atoms with Crippen molar-refractivity contribution in [2.24, 2.45) is 0 Å². The first-order valence-corrected chi connectivity index (χ1v) is 7.70. The smallest absolute Gasteiger partial charge is 0.0511 e. The first-order valence-electron chi connectivity index (χ1n) is 6.91. The van der Waals surface area contributed by atoms with Crippen molar-refractivity contribution in [3.05, 3.63) is 28.2 Å². The summed E-state index contributed by atoms with van der Waals surface area (Å²) in [6.45, 7) is 6.36. The van der Waals surface area contributed by atoms with E-state index in [4.69, 9.17) is 0 Å². The Morgan fingerprint density at radius 3 is 2.42 bits per heavy atom. The molecule has 1 aromatic rings. The normalized spacial score (nSPS) is 11.1. The maximum atomic E-state index is 3.71. The second kappa shape index (κ2) is 8.56. The number of nitrogens with one attached hydrogen (secondary N) is 1. The summed E-state index contributed by atoms with van der Waals surface area (Å²) in [6.07, 6.45) is 1.16. The summed E-state index contributed by atoms with van der Waals surface area (Å²) >= 11 is 3.71. The van der Waals surface area contributed by atoms with Gasteiger partial charge >= 0.3 is 0 Å². The predicted molar refractivity (Wildman–Crippen MR) is 88.0 cm³/mol. The molecule has 1 rings (SSSR count). The summed E-state index contributed by atoms with van der Waals surface area (Å²) < 4.78 is 1.19. The van der Waals surface area contributed by atoms with Gasteiger partial charge in [-0.25, -0.2) is 0 Å². The van der Waals surface area contributed by atoms with Gasteiger partial charge < -0.3 is 15.1 Å². The van der Waals surface area contributed by atoms with Crippen LogP contribution in [0.15, 0.2) is 22.7 Å². The van der Waals surface area contributed by atoms with Crippen molar-refractivity contribution < 1.29 is 0 Å². The summed E-state index contributed by atoms with van der Waals surface area (Å²) in [5, 5.41) is 3.18. The number of hydrogen-bond acceptors (Lipinski definition) is 3. The topological polar surface area (TPSA) is 18.5 Å². The van der Waals surface area contributed by atoms with Gasteiger partial charge in [0.05, 0.1) is 5.69 Å². The monoisotopic (exact) mass is 327 g/mol. The highest BCUT2D eigenvalue weighted by atomic mass is 79.9. The van der Waals surface area contributed by atoms with Crippen molar-refractivity contribution in [1.82, 2.24) is 10.2 Å². The van der Waals surface area contributed by atoms with Crippen LogP contribution >= 0.6 is 15.9 Å². The molecule has 19 heavy (non-hydrogen) atoms. The third-order valence-electron chi connectivity index (χ3n) is 3.04. The van der Waals surface area contributed by atoms with Gasteiger partial charge in [0.2, 0.25) is 0 Å². The van der Waals surface area contributed by atoms with Crippen LogP contribution in [0.4, 0.5) is 5.69 Å². The minimum absolute atomic E-state index is 0.907. The predicted octanol–water partition coefficient (Wildman–Crippen LogP) is 2.95. The number of hydrogen-bond donors (Lipinski definition) is 1. The van der Waals surface area contributed by atoms with Gasteiger partial charge in [0.1, 0.15) is 0 Å². The van der Waals surface area contributed by atoms with Crippen LogP contribution in [0.3, 0.4) is 0 Å². The Morgan fingerprint density at radius 2 is 1.89 bits per heavy atom. The van der Waals surface area contributed by atoms with E-state index in [-0.39, 0.29) is 0 Å². The highest BCUT2D eigenvalue weighted by Gasteiger charge is 2.10. The zero-order chi connectivity index (χ0) is 14.3. The maximum absolute atomic E-state index is 3.71. The standard InChI is InChI=1S/C15H26BrN3/c1-5-8-19(10-9-18(3)4)15-7-6-13(12-17-2)11-14(15)16/h6-7,11,17H,5,8-10,12H2,1-4H3. The molecule has 108 valence electrons. The Hall–Kier alpha value is -0.580. The van der Waals surface area contributed by atoms with Crippen molar-refractivity contribution in [2.75, 3.05) is 45.7 Å². The van der Waals surface area contributed by atoms with E-state index >= 15 is 0 Å². The molecule has 0 aliphatic heterocycles. The van der Waals surface area contributed by atoms with E-state index in [1.807, 2.05) is 7.05 Å². The van der Waals surface area contributed by atoms with Crippen molar-refractivity contribution >= 4 is 21.6 Å². The van der Waals surface area contributed by atoms with Crippen LogP contribution in [0.1, 0.15) is 18.9 Å². The zero-order valence-corrected chi connectivity index (χ0v) is 14.1. The van der Waals surface area contributed by atoms with E-state index in [0.717, 1.165) is 32.6 Å². The van der Waals surface area contributed by atoms with Crippen molar-refractivity contribution in [2.45, 2.75) is 19.9 Å². The molecule has 1 N–H and O–H groups in total. The van der Waals surface area contributed by atoms with Gasteiger partial charge in [-0.3, -0.25) is 0 Å². The molecule has 0 saturated heterocycles. The lowest BCUT2D eigenvalue weighted by molar-refractivity contribution is 0.413. The fourth-order valence-corrected chi connectivity index (χ4v) is 2.74. The third-order valence-corrected chi connectivity index (χ3v) is 3.68. The Bertz CT molecular complexity index is 380. The molecule has 0 atom stereocenters. The molecule has 0 spiro atoms. The van der Waals surface area contributed by atoms with E-state index in [0.29, 0.717) is 0 Å². The molecule has 3 nitrogen and oxygen atoms in total. The number of likely N-dealkylation sites (N-methyl/N-ethyl adjacent to an activating group) is 1. The van der Waals surface area contributed by atoms with Gasteiger partial charge in [0, 0.05) is 30.7 Å². The zero-order valence-electron chi connectivity index (χ0n) is 12.5. The van der Waals surface area contributed by atoms with Crippen LogP contribution in [0.2, 0.25) is 0 Å². The molecule has 0 heterocycles. The minimum Gasteiger partial charge on any atom is -0.369 e. The van der Waals surface area contributed by atoms with E-state index < -0.39 is 0 Å². The minimum atomic E-state index is 0.907. The summed E-state index contributed by atoms with van der Waals surface area (Å²) in [6, 6.07) is 6.64. The fourth-order valence-electron chi connectivity index (χ4n) is 2.06. The fraction of sp³-hybridized carbons (Fsp3) is 0.600. The molecule has 0 amide bonds. The van der Waals surface area contributed by atoms with Gasteiger partial charge in [0.25, 0.3) is 0 Å². The summed E-state index contributed by atoms with van der Waals surface area (Å²) in [5.74, 6) is 0. The number of anilines is 1. The molecule has 4 heteroatoms. The van der Waals surface area contributed by atoms with Crippen LogP contribution in [-0.2, 0) is 6.54 Å². The van der Waals surface area contributed by atoms with Crippen LogP contribution in [0.5, 0.6) is 0 Å². The van der Waals surface area contributed by atoms with E-state index in [2.05, 4.69) is 70.3 Å². The SMILES string of the molecule is CCCN(CCN(C)C)c1ccc(CNC)cc1Br. The van der Waals surface area contributed by atoms with Crippen LogP contribution < -0.4 is 10.2 Å². The lowest BCUT2D eigenvalue weighted by Gasteiger charge is -2.27. The van der Waals surface area contributed by atoms with Crippen LogP contribution in [-0.4, -0.2) is 45.7 Å². The summed E-state index contributed by atoms with van der Waals surface area (Å²) in [4.78, 5) is 4.68. The Morgan fingerprint density at radius 1 is 1.16 bits per heavy atom. The van der Waals surface area contributed by atoms with E-state index in [1.54, 1.807) is 0 Å². The van der Waals surface area contributed by atoms with Crippen LogP contribution in [0.25, 0.3) is 0 Å². The average Bonchev–Trinajstić information content (AvgIpc) is 2.35. The van der Waals surface area contributed by atoms with E-state index in [9.17, 15) is 0 Å². The number of benzene rings is 1. The van der Waals surface area contributed by atoms with Crippen molar-refractivity contribution in [1.29, 1.82) is 0 Å².